The summed E-state index contributed by atoms with van der Waals surface area (Å²) in [5.74, 6) is -0.0948. The summed E-state index contributed by atoms with van der Waals surface area (Å²) in [6.07, 6.45) is 0.671. The zero-order chi connectivity index (χ0) is 20.5. The fourth-order valence-corrected chi connectivity index (χ4v) is 4.06. The molecule has 0 atom stereocenters. The van der Waals surface area contributed by atoms with E-state index in [2.05, 4.69) is 15.4 Å². The summed E-state index contributed by atoms with van der Waals surface area (Å²) in [5.41, 5.74) is 2.41. The highest BCUT2D eigenvalue weighted by atomic mass is 32.1. The minimum absolute atomic E-state index is 0.0948. The molecule has 0 saturated heterocycles. The van der Waals surface area contributed by atoms with Gasteiger partial charge < -0.3 is 15.0 Å². The number of hydrogen-bond donors (Lipinski definition) is 1. The van der Waals surface area contributed by atoms with Crippen molar-refractivity contribution in [1.82, 2.24) is 19.7 Å². The van der Waals surface area contributed by atoms with Crippen molar-refractivity contribution >= 4 is 28.5 Å². The number of aromatic nitrogens is 3. The van der Waals surface area contributed by atoms with E-state index in [1.165, 1.54) is 11.3 Å². The maximum atomic E-state index is 12.3. The predicted octanol–water partition coefficient (Wildman–Crippen LogP) is 3.28. The molecular formula is C19H27N5O3S. The fourth-order valence-electron chi connectivity index (χ4n) is 3.02. The number of nitrogens with zero attached hydrogens (tertiary/aromatic N) is 4. The molecule has 2 aromatic rings. The number of carbonyl (C=O) groups excluding carboxylic acids is 2. The SMILES string of the molecule is Cc1cc(C)n(CCC(=O)Nc2nc3c(s2)CN(C(=O)OC(C)(C)C)CC3)n1. The summed E-state index contributed by atoms with van der Waals surface area (Å²) in [6.45, 7) is 11.0. The number of hydrogen-bond acceptors (Lipinski definition) is 6. The number of nitrogens with one attached hydrogen (secondary N) is 1. The highest BCUT2D eigenvalue weighted by Gasteiger charge is 2.28. The van der Waals surface area contributed by atoms with Gasteiger partial charge in [0.15, 0.2) is 5.13 Å². The minimum atomic E-state index is -0.518. The average molecular weight is 406 g/mol. The van der Waals surface area contributed by atoms with Crippen molar-refractivity contribution in [2.24, 2.45) is 0 Å². The zero-order valence-corrected chi connectivity index (χ0v) is 17.9. The van der Waals surface area contributed by atoms with Crippen LogP contribution in [0, 0.1) is 13.8 Å². The van der Waals surface area contributed by atoms with E-state index >= 15 is 0 Å². The Bertz CT molecular complexity index is 881. The standard InChI is InChI=1S/C19H27N5O3S/c1-12-10-13(2)24(22-12)9-7-16(25)21-17-20-14-6-8-23(11-15(14)28-17)18(26)27-19(3,4)5/h10H,6-9,11H2,1-5H3,(H,20,21,25). The van der Waals surface area contributed by atoms with Gasteiger partial charge in [0.2, 0.25) is 5.91 Å². The molecule has 0 fully saturated rings. The number of thiazole rings is 1. The van der Waals surface area contributed by atoms with E-state index in [0.717, 1.165) is 22.0 Å². The van der Waals surface area contributed by atoms with Gasteiger partial charge in [0.1, 0.15) is 5.60 Å². The smallest absolute Gasteiger partial charge is 0.410 e. The molecule has 0 aromatic carbocycles. The van der Waals surface area contributed by atoms with Crippen LogP contribution in [0.15, 0.2) is 6.07 Å². The van der Waals surface area contributed by atoms with E-state index in [1.807, 2.05) is 45.4 Å². The molecule has 0 radical (unpaired) electrons. The Morgan fingerprint density at radius 3 is 2.71 bits per heavy atom. The number of amides is 2. The number of anilines is 1. The lowest BCUT2D eigenvalue weighted by Crippen LogP contribution is -2.39. The molecule has 1 aliphatic rings. The number of ether oxygens (including phenoxy) is 1. The molecule has 0 aliphatic carbocycles. The van der Waals surface area contributed by atoms with E-state index in [4.69, 9.17) is 4.74 Å². The second-order valence-corrected chi connectivity index (χ2v) is 9.07. The van der Waals surface area contributed by atoms with Crippen LogP contribution in [-0.2, 0) is 29.0 Å². The van der Waals surface area contributed by atoms with Gasteiger partial charge in [-0.3, -0.25) is 9.48 Å². The van der Waals surface area contributed by atoms with E-state index in [9.17, 15) is 9.59 Å². The van der Waals surface area contributed by atoms with Crippen LogP contribution in [0.1, 0.15) is 49.2 Å². The van der Waals surface area contributed by atoms with Gasteiger partial charge in [0, 0.05) is 36.5 Å². The lowest BCUT2D eigenvalue weighted by Gasteiger charge is -2.29. The molecule has 0 unspecified atom stereocenters. The molecule has 9 heteroatoms. The monoisotopic (exact) mass is 405 g/mol. The van der Waals surface area contributed by atoms with Gasteiger partial charge in [0.25, 0.3) is 0 Å². The van der Waals surface area contributed by atoms with Crippen LogP contribution in [0.2, 0.25) is 0 Å². The summed E-state index contributed by atoms with van der Waals surface area (Å²) >= 11 is 1.42. The Hall–Kier alpha value is -2.42. The summed E-state index contributed by atoms with van der Waals surface area (Å²) in [6, 6.07) is 1.99. The van der Waals surface area contributed by atoms with Gasteiger partial charge in [-0.15, -0.1) is 0 Å². The third-order valence-electron chi connectivity index (χ3n) is 4.28. The van der Waals surface area contributed by atoms with Gasteiger partial charge in [0.05, 0.1) is 17.9 Å². The quantitative estimate of drug-likeness (QED) is 0.843. The van der Waals surface area contributed by atoms with Crippen molar-refractivity contribution in [2.75, 3.05) is 11.9 Å². The summed E-state index contributed by atoms with van der Waals surface area (Å²) < 4.78 is 7.28. The summed E-state index contributed by atoms with van der Waals surface area (Å²) in [4.78, 5) is 31.7. The van der Waals surface area contributed by atoms with Crippen LogP contribution in [0.5, 0.6) is 0 Å². The average Bonchev–Trinajstić information content (AvgIpc) is 3.12. The highest BCUT2D eigenvalue weighted by Crippen LogP contribution is 2.29. The van der Waals surface area contributed by atoms with Crippen molar-refractivity contribution in [3.05, 3.63) is 28.0 Å². The normalized spacial score (nSPS) is 14.0. The first-order valence-corrected chi connectivity index (χ1v) is 10.2. The Labute approximate surface area is 168 Å². The largest absolute Gasteiger partial charge is 0.444 e. The van der Waals surface area contributed by atoms with Crippen LogP contribution in [0.4, 0.5) is 9.93 Å². The van der Waals surface area contributed by atoms with Gasteiger partial charge in [-0.1, -0.05) is 11.3 Å². The van der Waals surface area contributed by atoms with Crippen LogP contribution >= 0.6 is 11.3 Å². The third-order valence-corrected chi connectivity index (χ3v) is 5.28. The molecule has 8 nitrogen and oxygen atoms in total. The van der Waals surface area contributed by atoms with Gasteiger partial charge in [-0.2, -0.15) is 5.10 Å². The molecule has 152 valence electrons. The fraction of sp³-hybridized carbons (Fsp3) is 0.579. The number of aryl methyl sites for hydroxylation is 3. The molecule has 2 amide bonds. The van der Waals surface area contributed by atoms with E-state index in [0.29, 0.717) is 37.6 Å². The first kappa shape index (κ1) is 20.3. The van der Waals surface area contributed by atoms with Crippen molar-refractivity contribution in [2.45, 2.75) is 66.2 Å². The van der Waals surface area contributed by atoms with E-state index in [-0.39, 0.29) is 12.0 Å². The minimum Gasteiger partial charge on any atom is -0.444 e. The predicted molar refractivity (Wildman–Crippen MR) is 107 cm³/mol. The van der Waals surface area contributed by atoms with E-state index < -0.39 is 5.60 Å². The Kier molecular flexibility index (Phi) is 5.74. The second kappa shape index (κ2) is 7.90. The lowest BCUT2D eigenvalue weighted by molar-refractivity contribution is -0.116. The Balaban J connectivity index is 1.55. The number of rotatable bonds is 4. The maximum absolute atomic E-state index is 12.3. The van der Waals surface area contributed by atoms with Gasteiger partial charge in [-0.05, 0) is 40.7 Å². The van der Waals surface area contributed by atoms with Crippen LogP contribution < -0.4 is 5.32 Å². The van der Waals surface area contributed by atoms with Crippen LogP contribution in [0.25, 0.3) is 0 Å². The molecule has 3 heterocycles. The molecule has 0 saturated carbocycles. The van der Waals surface area contributed by atoms with Gasteiger partial charge in [-0.25, -0.2) is 9.78 Å². The summed E-state index contributed by atoms with van der Waals surface area (Å²) in [7, 11) is 0. The first-order valence-electron chi connectivity index (χ1n) is 9.38. The molecule has 0 bridgehead atoms. The molecule has 2 aromatic heterocycles. The molecular weight excluding hydrogens is 378 g/mol. The number of fused-ring (bicyclic) bond motifs is 1. The zero-order valence-electron chi connectivity index (χ0n) is 17.0. The van der Waals surface area contributed by atoms with Crippen molar-refractivity contribution in [3.63, 3.8) is 0 Å². The molecule has 1 aliphatic heterocycles. The van der Waals surface area contributed by atoms with Crippen LogP contribution in [0.3, 0.4) is 0 Å². The highest BCUT2D eigenvalue weighted by molar-refractivity contribution is 7.15. The maximum Gasteiger partial charge on any atom is 0.410 e. The van der Waals surface area contributed by atoms with E-state index in [1.54, 1.807) is 4.90 Å². The van der Waals surface area contributed by atoms with Gasteiger partial charge >= 0.3 is 6.09 Å². The first-order chi connectivity index (χ1) is 13.1. The number of carbonyl (C=O) groups is 2. The third kappa shape index (κ3) is 5.09. The van der Waals surface area contributed by atoms with Crippen molar-refractivity contribution < 1.29 is 14.3 Å². The van der Waals surface area contributed by atoms with Crippen LogP contribution in [-0.4, -0.2) is 43.8 Å². The molecule has 3 rings (SSSR count). The van der Waals surface area contributed by atoms with Crippen molar-refractivity contribution in [3.8, 4) is 0 Å². The molecule has 0 spiro atoms. The Morgan fingerprint density at radius 2 is 2.07 bits per heavy atom. The molecule has 28 heavy (non-hydrogen) atoms. The topological polar surface area (TPSA) is 89.4 Å². The lowest BCUT2D eigenvalue weighted by atomic mass is 10.2. The second-order valence-electron chi connectivity index (χ2n) is 7.99. The molecule has 1 N–H and O–H groups in total. The Morgan fingerprint density at radius 1 is 1.32 bits per heavy atom. The summed E-state index contributed by atoms with van der Waals surface area (Å²) in [5, 5.41) is 7.82. The van der Waals surface area contributed by atoms with Crippen molar-refractivity contribution in [1.29, 1.82) is 0 Å².